The molecule has 0 radical (unpaired) electrons. The molecule has 172 valence electrons. The van der Waals surface area contributed by atoms with Crippen LogP contribution in [0.25, 0.3) is 0 Å². The largest absolute Gasteiger partial charge is 0.490 e. The predicted octanol–water partition coefficient (Wildman–Crippen LogP) is 5.68. The maximum absolute atomic E-state index is 13.6. The van der Waals surface area contributed by atoms with E-state index in [0.29, 0.717) is 36.8 Å². The lowest BCUT2D eigenvalue weighted by Crippen LogP contribution is -2.55. The lowest BCUT2D eigenvalue weighted by Gasteiger charge is -2.46. The molecule has 0 fully saturated rings. The Morgan fingerprint density at radius 2 is 1.59 bits per heavy atom. The number of carbonyl (C=O) groups excluding carboxylic acids is 1. The van der Waals surface area contributed by atoms with Gasteiger partial charge in [0.1, 0.15) is 36.1 Å². The van der Waals surface area contributed by atoms with E-state index in [0.717, 1.165) is 17.0 Å². The number of nitrogens with zero attached hydrogens (tertiary/aromatic N) is 1. The van der Waals surface area contributed by atoms with Gasteiger partial charge in [-0.15, -0.1) is 0 Å². The van der Waals surface area contributed by atoms with Gasteiger partial charge in [-0.05, 0) is 55.5 Å². The molecule has 1 atom stereocenters. The second-order valence-electron chi connectivity index (χ2n) is 8.25. The summed E-state index contributed by atoms with van der Waals surface area (Å²) in [5.41, 5.74) is 1.53. The SMILES string of the molecule is CC1(c2cccc(OCCOc3ccccc3)c2)Nc2ccccc2C(=O)N1Cc1ccco1. The minimum absolute atomic E-state index is 0.0594. The van der Waals surface area contributed by atoms with Crippen LogP contribution < -0.4 is 14.8 Å². The summed E-state index contributed by atoms with van der Waals surface area (Å²) in [4.78, 5) is 15.4. The van der Waals surface area contributed by atoms with Crippen molar-refractivity contribution in [3.05, 3.63) is 114 Å². The first kappa shape index (κ1) is 21.6. The van der Waals surface area contributed by atoms with E-state index in [9.17, 15) is 4.79 Å². The fourth-order valence-electron chi connectivity index (χ4n) is 4.20. The number of hydrogen-bond donors (Lipinski definition) is 1. The molecular weight excluding hydrogens is 428 g/mol. The molecule has 0 saturated carbocycles. The highest BCUT2D eigenvalue weighted by Crippen LogP contribution is 2.39. The molecule has 6 heteroatoms. The summed E-state index contributed by atoms with van der Waals surface area (Å²) in [6, 6.07) is 28.7. The van der Waals surface area contributed by atoms with Gasteiger partial charge in [0.2, 0.25) is 0 Å². The number of rotatable bonds is 8. The minimum atomic E-state index is -0.807. The van der Waals surface area contributed by atoms with Crippen molar-refractivity contribution >= 4 is 11.6 Å². The first-order valence-corrected chi connectivity index (χ1v) is 11.3. The molecule has 6 nitrogen and oxygen atoms in total. The van der Waals surface area contributed by atoms with Gasteiger partial charge in [0, 0.05) is 11.3 Å². The lowest BCUT2D eigenvalue weighted by molar-refractivity contribution is 0.0486. The van der Waals surface area contributed by atoms with Gasteiger partial charge in [-0.3, -0.25) is 4.79 Å². The third-order valence-corrected chi connectivity index (χ3v) is 5.97. The molecule has 0 spiro atoms. The monoisotopic (exact) mass is 454 g/mol. The molecule has 2 heterocycles. The number of furan rings is 1. The summed E-state index contributed by atoms with van der Waals surface area (Å²) < 4.78 is 17.3. The average molecular weight is 455 g/mol. The Hall–Kier alpha value is -4.19. The van der Waals surface area contributed by atoms with E-state index >= 15 is 0 Å². The number of carbonyl (C=O) groups is 1. The van der Waals surface area contributed by atoms with Crippen molar-refractivity contribution in [3.63, 3.8) is 0 Å². The van der Waals surface area contributed by atoms with Gasteiger partial charge in [-0.25, -0.2) is 0 Å². The van der Waals surface area contributed by atoms with E-state index in [1.54, 1.807) is 11.2 Å². The van der Waals surface area contributed by atoms with Gasteiger partial charge < -0.3 is 24.1 Å². The van der Waals surface area contributed by atoms with Crippen molar-refractivity contribution < 1.29 is 18.7 Å². The number of hydrogen-bond acceptors (Lipinski definition) is 5. The summed E-state index contributed by atoms with van der Waals surface area (Å²) in [5.74, 6) is 2.17. The van der Waals surface area contributed by atoms with E-state index in [1.165, 1.54) is 0 Å². The first-order valence-electron chi connectivity index (χ1n) is 11.3. The number of nitrogens with one attached hydrogen (secondary N) is 1. The van der Waals surface area contributed by atoms with Crippen LogP contribution in [0.1, 0.15) is 28.6 Å². The average Bonchev–Trinajstić information content (AvgIpc) is 3.39. The molecule has 5 rings (SSSR count). The van der Waals surface area contributed by atoms with E-state index in [1.807, 2.05) is 97.9 Å². The van der Waals surface area contributed by atoms with Crippen molar-refractivity contribution in [1.82, 2.24) is 4.90 Å². The molecule has 1 aromatic heterocycles. The van der Waals surface area contributed by atoms with Crippen molar-refractivity contribution in [1.29, 1.82) is 0 Å². The van der Waals surface area contributed by atoms with Gasteiger partial charge in [0.25, 0.3) is 5.91 Å². The summed E-state index contributed by atoms with van der Waals surface area (Å²) in [5, 5.41) is 3.58. The molecule has 0 aliphatic carbocycles. The van der Waals surface area contributed by atoms with E-state index < -0.39 is 5.66 Å². The molecule has 1 aliphatic rings. The van der Waals surface area contributed by atoms with Gasteiger partial charge in [-0.1, -0.05) is 42.5 Å². The molecule has 1 unspecified atom stereocenters. The minimum Gasteiger partial charge on any atom is -0.490 e. The molecule has 0 saturated heterocycles. The maximum atomic E-state index is 13.6. The van der Waals surface area contributed by atoms with Crippen LogP contribution in [0.4, 0.5) is 5.69 Å². The smallest absolute Gasteiger partial charge is 0.258 e. The van der Waals surface area contributed by atoms with Crippen molar-refractivity contribution in [2.45, 2.75) is 19.1 Å². The normalized spacial score (nSPS) is 17.1. The molecular formula is C28H26N2O4. The van der Waals surface area contributed by atoms with E-state index in [2.05, 4.69) is 5.32 Å². The number of anilines is 1. The zero-order valence-electron chi connectivity index (χ0n) is 18.9. The zero-order chi connectivity index (χ0) is 23.4. The highest BCUT2D eigenvalue weighted by Gasteiger charge is 2.43. The number of para-hydroxylation sites is 2. The molecule has 1 N–H and O–H groups in total. The molecule has 34 heavy (non-hydrogen) atoms. The zero-order valence-corrected chi connectivity index (χ0v) is 18.9. The summed E-state index contributed by atoms with van der Waals surface area (Å²) >= 11 is 0. The molecule has 1 amide bonds. The quantitative estimate of drug-likeness (QED) is 0.347. The van der Waals surface area contributed by atoms with Gasteiger partial charge in [0.05, 0.1) is 18.4 Å². The Labute approximate surface area is 198 Å². The Morgan fingerprint density at radius 1 is 0.853 bits per heavy atom. The number of benzene rings is 3. The first-order chi connectivity index (χ1) is 16.6. The predicted molar refractivity (Wildman–Crippen MR) is 130 cm³/mol. The maximum Gasteiger partial charge on any atom is 0.258 e. The molecule has 1 aliphatic heterocycles. The third-order valence-electron chi connectivity index (χ3n) is 5.97. The summed E-state index contributed by atoms with van der Waals surface area (Å²) in [6.07, 6.45) is 1.62. The van der Waals surface area contributed by atoms with Crippen LogP contribution in [0.3, 0.4) is 0 Å². The van der Waals surface area contributed by atoms with Crippen molar-refractivity contribution in [2.75, 3.05) is 18.5 Å². The van der Waals surface area contributed by atoms with E-state index in [-0.39, 0.29) is 5.91 Å². The fraction of sp³-hybridized carbons (Fsp3) is 0.179. The fourth-order valence-corrected chi connectivity index (χ4v) is 4.20. The van der Waals surface area contributed by atoms with Crippen LogP contribution in [0, 0.1) is 0 Å². The van der Waals surface area contributed by atoms with Crippen molar-refractivity contribution in [2.24, 2.45) is 0 Å². The van der Waals surface area contributed by atoms with Crippen LogP contribution in [-0.2, 0) is 12.2 Å². The third kappa shape index (κ3) is 4.35. The Morgan fingerprint density at radius 3 is 2.38 bits per heavy atom. The number of ether oxygens (including phenoxy) is 2. The van der Waals surface area contributed by atoms with Crippen LogP contribution in [0.15, 0.2) is 102 Å². The van der Waals surface area contributed by atoms with Crippen LogP contribution >= 0.6 is 0 Å². The Kier molecular flexibility index (Phi) is 5.95. The van der Waals surface area contributed by atoms with Crippen LogP contribution in [-0.4, -0.2) is 24.0 Å². The second kappa shape index (κ2) is 9.35. The summed E-state index contributed by atoms with van der Waals surface area (Å²) in [6.45, 7) is 3.17. The van der Waals surface area contributed by atoms with E-state index in [4.69, 9.17) is 13.9 Å². The highest BCUT2D eigenvalue weighted by atomic mass is 16.5. The second-order valence-corrected chi connectivity index (χ2v) is 8.25. The van der Waals surface area contributed by atoms with Gasteiger partial charge >= 0.3 is 0 Å². The van der Waals surface area contributed by atoms with Crippen LogP contribution in [0.2, 0.25) is 0 Å². The number of fused-ring (bicyclic) bond motifs is 1. The van der Waals surface area contributed by atoms with Gasteiger partial charge in [-0.2, -0.15) is 0 Å². The highest BCUT2D eigenvalue weighted by molar-refractivity contribution is 6.02. The van der Waals surface area contributed by atoms with Gasteiger partial charge in [0.15, 0.2) is 0 Å². The summed E-state index contributed by atoms with van der Waals surface area (Å²) in [7, 11) is 0. The van der Waals surface area contributed by atoms with Crippen LogP contribution in [0.5, 0.6) is 11.5 Å². The topological polar surface area (TPSA) is 63.9 Å². The molecule has 0 bridgehead atoms. The van der Waals surface area contributed by atoms with Crippen molar-refractivity contribution in [3.8, 4) is 11.5 Å². The standard InChI is InChI=1S/C28H26N2O4/c1-28(21-9-7-12-23(19-21)34-18-17-33-22-10-3-2-4-11-22)29-26-15-6-5-14-25(26)27(31)30(28)20-24-13-8-16-32-24/h2-16,19,29H,17-18,20H2,1H3. The Bertz CT molecular complexity index is 1260. The lowest BCUT2D eigenvalue weighted by atomic mass is 9.93. The number of amides is 1. The molecule has 3 aromatic carbocycles. The molecule has 4 aromatic rings. The Balaban J connectivity index is 1.38.